The third-order valence-corrected chi connectivity index (χ3v) is 2.34. The molecule has 0 fully saturated rings. The molecule has 0 saturated heterocycles. The molecule has 0 unspecified atom stereocenters. The largest absolute Gasteiger partial charge is 0.250 e. The van der Waals surface area contributed by atoms with Gasteiger partial charge in [0.05, 0.1) is 17.0 Å². The van der Waals surface area contributed by atoms with Crippen molar-refractivity contribution < 1.29 is 0 Å². The summed E-state index contributed by atoms with van der Waals surface area (Å²) in [5.41, 5.74) is 2.80. The zero-order valence-corrected chi connectivity index (χ0v) is 8.65. The van der Waals surface area contributed by atoms with Gasteiger partial charge in [-0.15, -0.1) is 0 Å². The number of hydrogen-bond donors (Lipinski definition) is 0. The molecule has 2 aromatic rings. The number of aryl methyl sites for hydroxylation is 2. The average Bonchev–Trinajstić information content (AvgIpc) is 2.52. The number of pyridine rings is 1. The third-order valence-electron chi connectivity index (χ3n) is 2.34. The maximum atomic E-state index is 8.94. The lowest BCUT2D eigenvalue weighted by Gasteiger charge is -1.98. The Morgan fingerprint density at radius 1 is 1.60 bits per heavy atom. The van der Waals surface area contributed by atoms with Crippen molar-refractivity contribution in [2.45, 2.75) is 6.92 Å². The minimum Gasteiger partial charge on any atom is -0.250 e. The summed E-state index contributed by atoms with van der Waals surface area (Å²) < 4.78 is 1.71. The van der Waals surface area contributed by atoms with Crippen LogP contribution in [0.4, 0.5) is 0 Å². The molecule has 0 amide bonds. The summed E-state index contributed by atoms with van der Waals surface area (Å²) in [5.74, 6) is 0. The van der Waals surface area contributed by atoms with Crippen LogP contribution in [0.2, 0.25) is 0 Å². The van der Waals surface area contributed by atoms with E-state index in [-0.39, 0.29) is 0 Å². The van der Waals surface area contributed by atoms with Crippen molar-refractivity contribution in [1.29, 1.82) is 5.26 Å². The summed E-state index contributed by atoms with van der Waals surface area (Å²) in [6, 6.07) is 3.91. The van der Waals surface area contributed by atoms with Crippen molar-refractivity contribution in [1.82, 2.24) is 14.8 Å². The lowest BCUT2D eigenvalue weighted by molar-refractivity contribution is 0.773. The van der Waals surface area contributed by atoms with Crippen LogP contribution in [0.1, 0.15) is 17.0 Å². The van der Waals surface area contributed by atoms with Gasteiger partial charge >= 0.3 is 0 Å². The van der Waals surface area contributed by atoms with Crippen molar-refractivity contribution in [3.05, 3.63) is 29.6 Å². The first-order chi connectivity index (χ1) is 7.17. The van der Waals surface area contributed by atoms with Crippen molar-refractivity contribution in [2.75, 3.05) is 0 Å². The molecule has 4 nitrogen and oxygen atoms in total. The van der Waals surface area contributed by atoms with Gasteiger partial charge in [-0.2, -0.15) is 10.4 Å². The Kier molecular flexibility index (Phi) is 2.01. The van der Waals surface area contributed by atoms with Gasteiger partial charge in [0, 0.05) is 12.4 Å². The Labute approximate surface area is 87.5 Å². The molecule has 2 aromatic heterocycles. The molecule has 0 aliphatic heterocycles. The number of nitrogens with zero attached hydrogens (tertiary/aromatic N) is 4. The molecule has 0 N–H and O–H groups in total. The third kappa shape index (κ3) is 1.29. The molecule has 0 saturated carbocycles. The Hall–Kier alpha value is -2.15. The van der Waals surface area contributed by atoms with Gasteiger partial charge in [-0.25, -0.2) is 4.98 Å². The Morgan fingerprint density at radius 2 is 2.33 bits per heavy atom. The van der Waals surface area contributed by atoms with Gasteiger partial charge < -0.3 is 0 Å². The molecular formula is C11H10N4. The second-order valence-corrected chi connectivity index (χ2v) is 3.32. The average molecular weight is 198 g/mol. The molecule has 74 valence electrons. The number of nitriles is 1. The van der Waals surface area contributed by atoms with Gasteiger partial charge in [0.25, 0.3) is 0 Å². The first-order valence-corrected chi connectivity index (χ1v) is 4.54. The van der Waals surface area contributed by atoms with Gasteiger partial charge in [-0.3, -0.25) is 4.68 Å². The Morgan fingerprint density at radius 3 is 2.93 bits per heavy atom. The van der Waals surface area contributed by atoms with Gasteiger partial charge in [-0.1, -0.05) is 6.58 Å². The van der Waals surface area contributed by atoms with E-state index in [0.29, 0.717) is 11.3 Å². The molecule has 4 heteroatoms. The highest BCUT2D eigenvalue weighted by Crippen LogP contribution is 2.19. The van der Waals surface area contributed by atoms with Crippen molar-refractivity contribution in [3.8, 4) is 6.07 Å². The lowest BCUT2D eigenvalue weighted by Crippen LogP contribution is -1.94. The van der Waals surface area contributed by atoms with Crippen LogP contribution in [0.25, 0.3) is 17.1 Å². The molecule has 2 rings (SSSR count). The van der Waals surface area contributed by atoms with Crippen LogP contribution in [0.5, 0.6) is 0 Å². The fraction of sp³-hybridized carbons (Fsp3) is 0.182. The SMILES string of the molecule is C=Cc1nc2c(cc1C#N)c(C)nn2C. The van der Waals surface area contributed by atoms with E-state index in [2.05, 4.69) is 22.7 Å². The van der Waals surface area contributed by atoms with Crippen LogP contribution >= 0.6 is 0 Å². The normalized spacial score (nSPS) is 10.2. The van der Waals surface area contributed by atoms with Crippen LogP contribution in [-0.4, -0.2) is 14.8 Å². The van der Waals surface area contributed by atoms with E-state index < -0.39 is 0 Å². The first-order valence-electron chi connectivity index (χ1n) is 4.54. The van der Waals surface area contributed by atoms with Crippen LogP contribution in [0, 0.1) is 18.3 Å². The van der Waals surface area contributed by atoms with Gasteiger partial charge in [0.2, 0.25) is 0 Å². The monoisotopic (exact) mass is 198 g/mol. The van der Waals surface area contributed by atoms with Crippen molar-refractivity contribution in [2.24, 2.45) is 7.05 Å². The maximum absolute atomic E-state index is 8.94. The van der Waals surface area contributed by atoms with E-state index in [0.717, 1.165) is 16.7 Å². The van der Waals surface area contributed by atoms with Gasteiger partial charge in [0.1, 0.15) is 6.07 Å². The minimum atomic E-state index is 0.536. The molecule has 0 aliphatic carbocycles. The molecule has 2 heterocycles. The predicted octanol–water partition coefficient (Wildman–Crippen LogP) is 1.79. The van der Waals surface area contributed by atoms with Crippen LogP contribution in [-0.2, 0) is 7.05 Å². The summed E-state index contributed by atoms with van der Waals surface area (Å²) in [6.07, 6.45) is 1.58. The molecule has 0 spiro atoms. The lowest BCUT2D eigenvalue weighted by atomic mass is 10.1. The molecule has 0 atom stereocenters. The molecule has 15 heavy (non-hydrogen) atoms. The number of aromatic nitrogens is 3. The fourth-order valence-electron chi connectivity index (χ4n) is 1.60. The van der Waals surface area contributed by atoms with E-state index in [1.807, 2.05) is 20.0 Å². The standard InChI is InChI=1S/C11H10N4/c1-4-10-8(6-12)5-9-7(2)14-15(3)11(9)13-10/h4-5H,1H2,2-3H3. The topological polar surface area (TPSA) is 54.5 Å². The number of rotatable bonds is 1. The highest BCUT2D eigenvalue weighted by Gasteiger charge is 2.10. The molecule has 0 aromatic carbocycles. The summed E-state index contributed by atoms with van der Waals surface area (Å²) in [5, 5.41) is 14.1. The predicted molar refractivity (Wildman–Crippen MR) is 58.1 cm³/mol. The van der Waals surface area contributed by atoms with Crippen molar-refractivity contribution >= 4 is 17.1 Å². The molecule has 0 radical (unpaired) electrons. The van der Waals surface area contributed by atoms with E-state index >= 15 is 0 Å². The van der Waals surface area contributed by atoms with E-state index in [1.165, 1.54) is 0 Å². The second kappa shape index (κ2) is 3.21. The second-order valence-electron chi connectivity index (χ2n) is 3.32. The zero-order valence-electron chi connectivity index (χ0n) is 8.65. The smallest absolute Gasteiger partial charge is 0.158 e. The molecular weight excluding hydrogens is 188 g/mol. The summed E-state index contributed by atoms with van der Waals surface area (Å²) in [6.45, 7) is 5.54. The highest BCUT2D eigenvalue weighted by atomic mass is 15.3. The van der Waals surface area contributed by atoms with Crippen LogP contribution < -0.4 is 0 Å². The molecule has 0 aliphatic rings. The van der Waals surface area contributed by atoms with E-state index in [4.69, 9.17) is 5.26 Å². The molecule has 0 bridgehead atoms. The quantitative estimate of drug-likeness (QED) is 0.702. The maximum Gasteiger partial charge on any atom is 0.158 e. The zero-order chi connectivity index (χ0) is 11.0. The van der Waals surface area contributed by atoms with Gasteiger partial charge in [0.15, 0.2) is 5.65 Å². The highest BCUT2D eigenvalue weighted by molar-refractivity contribution is 5.81. The summed E-state index contributed by atoms with van der Waals surface area (Å²) in [7, 11) is 1.83. The Balaban J connectivity index is 2.91. The van der Waals surface area contributed by atoms with Crippen LogP contribution in [0.3, 0.4) is 0 Å². The van der Waals surface area contributed by atoms with Crippen molar-refractivity contribution in [3.63, 3.8) is 0 Å². The first kappa shape index (κ1) is 9.41. The summed E-state index contributed by atoms with van der Waals surface area (Å²) in [4.78, 5) is 4.34. The van der Waals surface area contributed by atoms with Gasteiger partial charge in [-0.05, 0) is 19.1 Å². The van der Waals surface area contributed by atoms with E-state index in [9.17, 15) is 0 Å². The minimum absolute atomic E-state index is 0.536. The number of fused-ring (bicyclic) bond motifs is 1. The fourth-order valence-corrected chi connectivity index (χ4v) is 1.60. The number of hydrogen-bond acceptors (Lipinski definition) is 3. The summed E-state index contributed by atoms with van der Waals surface area (Å²) >= 11 is 0. The Bertz CT molecular complexity index is 587. The van der Waals surface area contributed by atoms with Crippen LogP contribution in [0.15, 0.2) is 12.6 Å². The van der Waals surface area contributed by atoms with E-state index in [1.54, 1.807) is 10.8 Å².